The molecule has 1 fully saturated rings. The summed E-state index contributed by atoms with van der Waals surface area (Å²) >= 11 is 0. The maximum atomic E-state index is 14.0. The third-order valence-electron chi connectivity index (χ3n) is 8.11. The van der Waals surface area contributed by atoms with Gasteiger partial charge in [0.1, 0.15) is 5.69 Å². The average Bonchev–Trinajstić information content (AvgIpc) is 3.73. The predicted molar refractivity (Wildman–Crippen MR) is 152 cm³/mol. The zero-order chi connectivity index (χ0) is 29.0. The molecule has 0 radical (unpaired) electrons. The number of likely N-dealkylation sites (tertiary alicyclic amines) is 1. The van der Waals surface area contributed by atoms with Crippen molar-refractivity contribution in [1.82, 2.24) is 19.8 Å². The van der Waals surface area contributed by atoms with Crippen molar-refractivity contribution in [2.75, 3.05) is 30.3 Å². The van der Waals surface area contributed by atoms with Crippen molar-refractivity contribution in [3.63, 3.8) is 0 Å². The lowest BCUT2D eigenvalue weighted by Crippen LogP contribution is -2.39. The summed E-state index contributed by atoms with van der Waals surface area (Å²) in [7, 11) is 0. The number of aromatic nitrogens is 3. The number of nitrogens with zero attached hydrogens (tertiary/aromatic N) is 5. The fraction of sp³-hybridized carbons (Fsp3) is 0.258. The van der Waals surface area contributed by atoms with Crippen LogP contribution in [0.25, 0.3) is 27.8 Å². The highest BCUT2D eigenvalue weighted by Crippen LogP contribution is 2.38. The molecule has 0 unspecified atom stereocenters. The zero-order valence-electron chi connectivity index (χ0n) is 22.6. The molecule has 0 spiro atoms. The number of carbonyl (C=O) groups excluding carboxylic acids is 1. The van der Waals surface area contributed by atoms with Crippen LogP contribution in [-0.4, -0.2) is 45.4 Å². The van der Waals surface area contributed by atoms with Gasteiger partial charge in [-0.05, 0) is 79.4 Å². The van der Waals surface area contributed by atoms with E-state index in [1.54, 1.807) is 6.07 Å². The molecule has 0 saturated carbocycles. The van der Waals surface area contributed by atoms with E-state index in [0.29, 0.717) is 16.7 Å². The van der Waals surface area contributed by atoms with Crippen LogP contribution in [0.5, 0.6) is 0 Å². The second-order valence-corrected chi connectivity index (χ2v) is 10.7. The first-order valence-corrected chi connectivity index (χ1v) is 13.8. The summed E-state index contributed by atoms with van der Waals surface area (Å²) in [6.45, 7) is 3.17. The monoisotopic (exact) mass is 572 g/mol. The van der Waals surface area contributed by atoms with E-state index in [2.05, 4.69) is 27.3 Å². The van der Waals surface area contributed by atoms with Crippen LogP contribution in [0.15, 0.2) is 71.3 Å². The van der Waals surface area contributed by atoms with E-state index in [9.17, 15) is 18.0 Å². The lowest BCUT2D eigenvalue weighted by molar-refractivity contribution is -0.141. The summed E-state index contributed by atoms with van der Waals surface area (Å²) < 4.78 is 48.3. The van der Waals surface area contributed by atoms with Crippen molar-refractivity contribution in [1.29, 1.82) is 0 Å². The summed E-state index contributed by atoms with van der Waals surface area (Å²) in [5.74, 6) is -0.459. The van der Waals surface area contributed by atoms with Gasteiger partial charge >= 0.3 is 6.18 Å². The number of hydrogen-bond acceptors (Lipinski definition) is 6. The van der Waals surface area contributed by atoms with E-state index in [-0.39, 0.29) is 35.7 Å². The number of alkyl halides is 3. The van der Waals surface area contributed by atoms with Gasteiger partial charge in [0.25, 0.3) is 5.91 Å². The molecule has 0 atom stereocenters. The first-order valence-electron chi connectivity index (χ1n) is 13.8. The van der Waals surface area contributed by atoms with E-state index in [1.807, 2.05) is 36.4 Å². The summed E-state index contributed by atoms with van der Waals surface area (Å²) in [6, 6.07) is 20.5. The largest absolute Gasteiger partial charge is 0.435 e. The number of nitrogen functional groups attached to an aromatic ring is 1. The van der Waals surface area contributed by atoms with Gasteiger partial charge in [-0.2, -0.15) is 18.3 Å². The molecule has 0 bridgehead atoms. The normalized spacial score (nSPS) is 16.0. The van der Waals surface area contributed by atoms with Crippen LogP contribution < -0.4 is 10.6 Å². The first kappa shape index (κ1) is 26.3. The standard InChI is InChI=1S/C31H27F3N6O2/c32-31(33,34)28-24-13-16-39(30(41)27(24)40(36-28)22-11-12-26-25(17-22)29(35)37-42-26)21-9-7-19(8-10-21)23-6-2-1-5-20(23)18-38-14-3-4-15-38/h1-2,5-12,17H,3-4,13-16,18H2,(H2,35,37). The van der Waals surface area contributed by atoms with Crippen molar-refractivity contribution in [3.05, 3.63) is 89.2 Å². The maximum absolute atomic E-state index is 14.0. The van der Waals surface area contributed by atoms with E-state index in [4.69, 9.17) is 10.3 Å². The summed E-state index contributed by atoms with van der Waals surface area (Å²) in [5, 5.41) is 8.01. The van der Waals surface area contributed by atoms with Gasteiger partial charge in [-0.1, -0.05) is 41.6 Å². The Morgan fingerprint density at radius 3 is 2.43 bits per heavy atom. The van der Waals surface area contributed by atoms with Gasteiger partial charge in [0.15, 0.2) is 17.1 Å². The maximum Gasteiger partial charge on any atom is 0.435 e. The molecule has 8 nitrogen and oxygen atoms in total. The van der Waals surface area contributed by atoms with Crippen LogP contribution >= 0.6 is 0 Å². The van der Waals surface area contributed by atoms with Crippen LogP contribution in [0.4, 0.5) is 24.7 Å². The smallest absolute Gasteiger partial charge is 0.380 e. The van der Waals surface area contributed by atoms with Crippen LogP contribution in [0.2, 0.25) is 0 Å². The number of rotatable bonds is 5. The minimum Gasteiger partial charge on any atom is -0.380 e. The first-order chi connectivity index (χ1) is 20.3. The number of halogens is 3. The second-order valence-electron chi connectivity index (χ2n) is 10.7. The zero-order valence-corrected chi connectivity index (χ0v) is 22.6. The molecular formula is C31H27F3N6O2. The minimum absolute atomic E-state index is 0.00792. The predicted octanol–water partition coefficient (Wildman–Crippen LogP) is 6.08. The number of amides is 1. The molecule has 214 valence electrons. The highest BCUT2D eigenvalue weighted by Gasteiger charge is 2.43. The topological polar surface area (TPSA) is 93.4 Å². The SMILES string of the molecule is Nc1noc2ccc(-n3nc(C(F)(F)F)c4c3C(=O)N(c3ccc(-c5ccccc5CN5CCCC5)cc3)CC4)cc12. The Bertz CT molecular complexity index is 1800. The van der Waals surface area contributed by atoms with Crippen molar-refractivity contribution in [3.8, 4) is 16.8 Å². The minimum atomic E-state index is -4.72. The molecule has 5 aromatic rings. The molecule has 0 aliphatic carbocycles. The molecule has 7 rings (SSSR count). The van der Waals surface area contributed by atoms with E-state index in [0.717, 1.165) is 35.4 Å². The molecular weight excluding hydrogens is 545 g/mol. The van der Waals surface area contributed by atoms with Crippen molar-refractivity contribution >= 4 is 28.4 Å². The number of benzene rings is 3. The van der Waals surface area contributed by atoms with Gasteiger partial charge in [-0.15, -0.1) is 0 Å². The summed E-state index contributed by atoms with van der Waals surface area (Å²) in [5.41, 5.74) is 9.19. The number of nitrogens with two attached hydrogens (primary N) is 1. The van der Waals surface area contributed by atoms with Gasteiger partial charge in [0.2, 0.25) is 0 Å². The molecule has 11 heteroatoms. The number of fused-ring (bicyclic) bond motifs is 2. The quantitative estimate of drug-likeness (QED) is 0.274. The third-order valence-corrected chi connectivity index (χ3v) is 8.11. The molecule has 2 N–H and O–H groups in total. The van der Waals surface area contributed by atoms with Crippen LogP contribution in [0.1, 0.15) is 40.2 Å². The molecule has 42 heavy (non-hydrogen) atoms. The third kappa shape index (κ3) is 4.50. The lowest BCUT2D eigenvalue weighted by Gasteiger charge is -2.28. The fourth-order valence-corrected chi connectivity index (χ4v) is 6.04. The van der Waals surface area contributed by atoms with E-state index < -0.39 is 17.8 Å². The van der Waals surface area contributed by atoms with Gasteiger partial charge < -0.3 is 15.2 Å². The highest BCUT2D eigenvalue weighted by atomic mass is 19.4. The lowest BCUT2D eigenvalue weighted by atomic mass is 9.98. The Morgan fingerprint density at radius 1 is 0.929 bits per heavy atom. The number of hydrogen-bond donors (Lipinski definition) is 1. The number of carbonyl (C=O) groups is 1. The van der Waals surface area contributed by atoms with Crippen LogP contribution in [0.3, 0.4) is 0 Å². The van der Waals surface area contributed by atoms with Crippen molar-refractivity contribution < 1.29 is 22.5 Å². The van der Waals surface area contributed by atoms with Gasteiger partial charge in [-0.3, -0.25) is 9.69 Å². The Kier molecular flexibility index (Phi) is 6.27. The molecule has 1 amide bonds. The Morgan fingerprint density at radius 2 is 1.67 bits per heavy atom. The molecule has 2 aliphatic heterocycles. The Hall–Kier alpha value is -4.64. The van der Waals surface area contributed by atoms with Crippen molar-refractivity contribution in [2.24, 2.45) is 0 Å². The fourth-order valence-electron chi connectivity index (χ4n) is 6.04. The Balaban J connectivity index is 1.23. The molecule has 2 aromatic heterocycles. The average molecular weight is 573 g/mol. The molecule has 3 aromatic carbocycles. The Labute approximate surface area is 239 Å². The van der Waals surface area contributed by atoms with Crippen molar-refractivity contribution in [2.45, 2.75) is 32.0 Å². The molecule has 1 saturated heterocycles. The van der Waals surface area contributed by atoms with Gasteiger partial charge in [0.05, 0.1) is 11.1 Å². The second kappa shape index (κ2) is 10.0. The van der Waals surface area contributed by atoms with Crippen LogP contribution in [0, 0.1) is 0 Å². The van der Waals surface area contributed by atoms with Crippen LogP contribution in [-0.2, 0) is 19.1 Å². The van der Waals surface area contributed by atoms with Gasteiger partial charge in [-0.25, -0.2) is 4.68 Å². The molecule has 4 heterocycles. The van der Waals surface area contributed by atoms with Gasteiger partial charge in [0, 0.05) is 24.3 Å². The summed E-state index contributed by atoms with van der Waals surface area (Å²) in [4.78, 5) is 17.8. The summed E-state index contributed by atoms with van der Waals surface area (Å²) in [6.07, 6.45) is -2.28. The number of anilines is 2. The van der Waals surface area contributed by atoms with E-state index >= 15 is 0 Å². The highest BCUT2D eigenvalue weighted by molar-refractivity contribution is 6.08. The van der Waals surface area contributed by atoms with E-state index in [1.165, 1.54) is 35.4 Å². The molecule has 2 aliphatic rings.